The zero-order valence-electron chi connectivity index (χ0n) is 9.93. The minimum atomic E-state index is -3.54. The van der Waals surface area contributed by atoms with Gasteiger partial charge in [0.2, 0.25) is 10.0 Å². The van der Waals surface area contributed by atoms with E-state index in [4.69, 9.17) is 11.6 Å². The van der Waals surface area contributed by atoms with E-state index in [-0.39, 0.29) is 10.9 Å². The van der Waals surface area contributed by atoms with Crippen LogP contribution in [0, 0.1) is 0 Å². The van der Waals surface area contributed by atoms with Crippen molar-refractivity contribution in [2.45, 2.75) is 23.8 Å². The number of halogens is 1. The molecule has 0 saturated heterocycles. The van der Waals surface area contributed by atoms with E-state index in [0.717, 1.165) is 24.0 Å². The van der Waals surface area contributed by atoms with Crippen LogP contribution in [0.3, 0.4) is 0 Å². The standard InChI is InChI=1S/C12H12ClN3O2S/c13-9-3-1-8-2-4-12(11(8)5-9)16-19(17,18)10-6-14-15-7-10/h1,3,5-7,12,16H,2,4H2,(H,14,15). The summed E-state index contributed by atoms with van der Waals surface area (Å²) in [4.78, 5) is 0.142. The second kappa shape index (κ2) is 4.63. The molecule has 0 spiro atoms. The van der Waals surface area contributed by atoms with Crippen LogP contribution in [0.15, 0.2) is 35.5 Å². The van der Waals surface area contributed by atoms with Crippen LogP contribution in [0.4, 0.5) is 0 Å². The van der Waals surface area contributed by atoms with Crippen molar-refractivity contribution in [3.63, 3.8) is 0 Å². The first-order valence-electron chi connectivity index (χ1n) is 5.86. The molecule has 1 unspecified atom stereocenters. The molecule has 2 aromatic rings. The Labute approximate surface area is 116 Å². The Hall–Kier alpha value is -1.37. The lowest BCUT2D eigenvalue weighted by atomic mass is 10.1. The summed E-state index contributed by atoms with van der Waals surface area (Å²) in [6, 6.07) is 5.37. The van der Waals surface area contributed by atoms with Crippen molar-refractivity contribution in [2.75, 3.05) is 0 Å². The molecular formula is C12H12ClN3O2S. The smallest absolute Gasteiger partial charge is 0.244 e. The monoisotopic (exact) mass is 297 g/mol. The van der Waals surface area contributed by atoms with Gasteiger partial charge < -0.3 is 0 Å². The third-order valence-electron chi connectivity index (χ3n) is 3.27. The van der Waals surface area contributed by atoms with Crippen LogP contribution in [0.25, 0.3) is 0 Å². The molecule has 0 saturated carbocycles. The molecule has 100 valence electrons. The van der Waals surface area contributed by atoms with Gasteiger partial charge >= 0.3 is 0 Å². The lowest BCUT2D eigenvalue weighted by molar-refractivity contribution is 0.554. The van der Waals surface area contributed by atoms with Crippen molar-refractivity contribution in [3.8, 4) is 0 Å². The Morgan fingerprint density at radius 3 is 3.00 bits per heavy atom. The van der Waals surface area contributed by atoms with Crippen molar-refractivity contribution in [3.05, 3.63) is 46.7 Å². The maximum absolute atomic E-state index is 12.1. The molecule has 0 amide bonds. The number of H-pyrrole nitrogens is 1. The van der Waals surface area contributed by atoms with Gasteiger partial charge in [-0.15, -0.1) is 0 Å². The van der Waals surface area contributed by atoms with Gasteiger partial charge in [0.05, 0.1) is 6.20 Å². The summed E-state index contributed by atoms with van der Waals surface area (Å²) in [5.74, 6) is 0. The van der Waals surface area contributed by atoms with Gasteiger partial charge in [-0.25, -0.2) is 13.1 Å². The zero-order valence-corrected chi connectivity index (χ0v) is 11.5. The maximum atomic E-state index is 12.1. The first-order valence-corrected chi connectivity index (χ1v) is 7.72. The summed E-state index contributed by atoms with van der Waals surface area (Å²) in [5.41, 5.74) is 2.10. The van der Waals surface area contributed by atoms with Gasteiger partial charge in [0.15, 0.2) is 0 Å². The highest BCUT2D eigenvalue weighted by Crippen LogP contribution is 2.33. The summed E-state index contributed by atoms with van der Waals surface area (Å²) >= 11 is 5.97. The normalized spacial score (nSPS) is 18.5. The number of rotatable bonds is 3. The predicted octanol–water partition coefficient (Wildman–Crippen LogP) is 2.03. The SMILES string of the molecule is O=S(=O)(NC1CCc2ccc(Cl)cc21)c1cn[nH]c1. The summed E-state index contributed by atoms with van der Waals surface area (Å²) in [6.07, 6.45) is 4.24. The number of hydrogen-bond acceptors (Lipinski definition) is 3. The first-order chi connectivity index (χ1) is 9.06. The highest BCUT2D eigenvalue weighted by atomic mass is 35.5. The van der Waals surface area contributed by atoms with E-state index in [2.05, 4.69) is 14.9 Å². The Kier molecular flexibility index (Phi) is 3.08. The summed E-state index contributed by atoms with van der Waals surface area (Å²) in [5, 5.41) is 6.77. The number of sulfonamides is 1. The van der Waals surface area contributed by atoms with Gasteiger partial charge in [-0.05, 0) is 36.1 Å². The minimum absolute atomic E-state index is 0.142. The molecular weight excluding hydrogens is 286 g/mol. The highest BCUT2D eigenvalue weighted by Gasteiger charge is 2.28. The van der Waals surface area contributed by atoms with Crippen molar-refractivity contribution in [1.82, 2.24) is 14.9 Å². The number of aromatic nitrogens is 2. The van der Waals surface area contributed by atoms with Gasteiger partial charge in [0.1, 0.15) is 4.90 Å². The van der Waals surface area contributed by atoms with E-state index in [9.17, 15) is 8.42 Å². The average molecular weight is 298 g/mol. The van der Waals surface area contributed by atoms with Crippen LogP contribution in [0.5, 0.6) is 0 Å². The van der Waals surface area contributed by atoms with Gasteiger partial charge in [0, 0.05) is 17.3 Å². The average Bonchev–Trinajstić information content (AvgIpc) is 2.99. The number of nitrogens with zero attached hydrogens (tertiary/aromatic N) is 1. The summed E-state index contributed by atoms with van der Waals surface area (Å²) in [7, 11) is -3.54. The van der Waals surface area contributed by atoms with Gasteiger partial charge in [-0.1, -0.05) is 17.7 Å². The molecule has 3 rings (SSSR count). The first kappa shape index (κ1) is 12.7. The minimum Gasteiger partial charge on any atom is -0.284 e. The zero-order chi connectivity index (χ0) is 13.5. The molecule has 1 aromatic carbocycles. The number of hydrogen-bond donors (Lipinski definition) is 2. The molecule has 2 N–H and O–H groups in total. The second-order valence-corrected chi connectivity index (χ2v) is 6.64. The fraction of sp³-hybridized carbons (Fsp3) is 0.250. The van der Waals surface area contributed by atoms with E-state index in [1.54, 1.807) is 0 Å². The quantitative estimate of drug-likeness (QED) is 0.910. The molecule has 1 aromatic heterocycles. The van der Waals surface area contributed by atoms with E-state index in [1.807, 2.05) is 18.2 Å². The molecule has 5 nitrogen and oxygen atoms in total. The lowest BCUT2D eigenvalue weighted by Crippen LogP contribution is -2.27. The Morgan fingerprint density at radius 2 is 2.26 bits per heavy atom. The molecule has 0 fully saturated rings. The second-order valence-electron chi connectivity index (χ2n) is 4.49. The topological polar surface area (TPSA) is 74.8 Å². The highest BCUT2D eigenvalue weighted by molar-refractivity contribution is 7.89. The molecule has 0 aliphatic heterocycles. The van der Waals surface area contributed by atoms with Crippen LogP contribution < -0.4 is 4.72 Å². The van der Waals surface area contributed by atoms with Gasteiger partial charge in [0.25, 0.3) is 0 Å². The van der Waals surface area contributed by atoms with E-state index >= 15 is 0 Å². The van der Waals surface area contributed by atoms with Gasteiger partial charge in [-0.3, -0.25) is 5.10 Å². The summed E-state index contributed by atoms with van der Waals surface area (Å²) in [6.45, 7) is 0. The van der Waals surface area contributed by atoms with Crippen molar-refractivity contribution >= 4 is 21.6 Å². The lowest BCUT2D eigenvalue weighted by Gasteiger charge is -2.13. The molecule has 1 aliphatic carbocycles. The van der Waals surface area contributed by atoms with Crippen LogP contribution in [0.1, 0.15) is 23.6 Å². The third kappa shape index (κ3) is 2.39. The van der Waals surface area contributed by atoms with Crippen LogP contribution in [0.2, 0.25) is 5.02 Å². The third-order valence-corrected chi connectivity index (χ3v) is 4.94. The molecule has 1 aliphatic rings. The Bertz CT molecular complexity index is 698. The fourth-order valence-electron chi connectivity index (χ4n) is 2.34. The fourth-order valence-corrected chi connectivity index (χ4v) is 3.67. The molecule has 1 heterocycles. The van der Waals surface area contributed by atoms with E-state index in [0.29, 0.717) is 5.02 Å². The van der Waals surface area contributed by atoms with Crippen LogP contribution >= 0.6 is 11.6 Å². The molecule has 1 atom stereocenters. The van der Waals surface area contributed by atoms with Crippen LogP contribution in [-0.2, 0) is 16.4 Å². The van der Waals surface area contributed by atoms with Crippen molar-refractivity contribution < 1.29 is 8.42 Å². The van der Waals surface area contributed by atoms with Crippen molar-refractivity contribution in [2.24, 2.45) is 0 Å². The Balaban J connectivity index is 1.89. The number of fused-ring (bicyclic) bond motifs is 1. The number of nitrogens with one attached hydrogen (secondary N) is 2. The Morgan fingerprint density at radius 1 is 1.42 bits per heavy atom. The molecule has 19 heavy (non-hydrogen) atoms. The molecule has 7 heteroatoms. The van der Waals surface area contributed by atoms with Crippen molar-refractivity contribution in [1.29, 1.82) is 0 Å². The molecule has 0 bridgehead atoms. The van der Waals surface area contributed by atoms with E-state index < -0.39 is 10.0 Å². The summed E-state index contributed by atoms with van der Waals surface area (Å²) < 4.78 is 27.0. The van der Waals surface area contributed by atoms with E-state index in [1.165, 1.54) is 12.4 Å². The largest absolute Gasteiger partial charge is 0.284 e. The number of aromatic amines is 1. The van der Waals surface area contributed by atoms with Crippen LogP contribution in [-0.4, -0.2) is 18.6 Å². The number of benzene rings is 1. The molecule has 0 radical (unpaired) electrons. The number of aryl methyl sites for hydroxylation is 1. The predicted molar refractivity (Wildman–Crippen MR) is 71.4 cm³/mol. The maximum Gasteiger partial charge on any atom is 0.244 e. The van der Waals surface area contributed by atoms with Gasteiger partial charge in [-0.2, -0.15) is 5.10 Å².